The molecule has 0 radical (unpaired) electrons. The first-order valence-electron chi connectivity index (χ1n) is 9.87. The van der Waals surface area contributed by atoms with Crippen LogP contribution in [0.2, 0.25) is 0 Å². The van der Waals surface area contributed by atoms with Crippen LogP contribution in [-0.2, 0) is 32.2 Å². The summed E-state index contributed by atoms with van der Waals surface area (Å²) in [4.78, 5) is 23.0. The van der Waals surface area contributed by atoms with E-state index < -0.39 is 50.5 Å². The van der Waals surface area contributed by atoms with Crippen LogP contribution in [0.4, 0.5) is 13.2 Å². The summed E-state index contributed by atoms with van der Waals surface area (Å²) in [7, 11) is -4.28. The molecule has 1 aromatic carbocycles. The number of allylic oxidation sites excluding steroid dienone is 1. The zero-order valence-corrected chi connectivity index (χ0v) is 18.8. The van der Waals surface area contributed by atoms with Crippen LogP contribution in [0.25, 0.3) is 0 Å². The number of nitrogens with one attached hydrogen (secondary N) is 1. The van der Waals surface area contributed by atoms with E-state index in [0.29, 0.717) is 17.2 Å². The lowest BCUT2D eigenvalue weighted by Crippen LogP contribution is -2.44. The van der Waals surface area contributed by atoms with Crippen LogP contribution in [0.1, 0.15) is 46.6 Å². The van der Waals surface area contributed by atoms with Gasteiger partial charge in [-0.25, -0.2) is 8.42 Å². The molecule has 1 aromatic heterocycles. The summed E-state index contributed by atoms with van der Waals surface area (Å²) in [6.07, 6.45) is -3.30. The Morgan fingerprint density at radius 2 is 1.97 bits per heavy atom. The van der Waals surface area contributed by atoms with E-state index in [-0.39, 0.29) is 29.2 Å². The van der Waals surface area contributed by atoms with E-state index >= 15 is 0 Å². The number of nitrogens with zero attached hydrogens (tertiary/aromatic N) is 1. The van der Waals surface area contributed by atoms with Gasteiger partial charge in [0.2, 0.25) is 21.7 Å². The molecule has 0 bridgehead atoms. The summed E-state index contributed by atoms with van der Waals surface area (Å²) < 4.78 is 70.5. The van der Waals surface area contributed by atoms with E-state index in [2.05, 4.69) is 14.4 Å². The number of hydrogen-bond acceptors (Lipinski definition) is 7. The number of halogens is 3. The smallest absolute Gasteiger partial charge is 0.452 e. The highest BCUT2D eigenvalue weighted by Crippen LogP contribution is 2.54. The van der Waals surface area contributed by atoms with Crippen LogP contribution in [0.15, 0.2) is 45.2 Å². The number of amides is 1. The van der Waals surface area contributed by atoms with E-state index in [0.717, 1.165) is 11.8 Å². The highest BCUT2D eigenvalue weighted by molar-refractivity contribution is 8.18. The summed E-state index contributed by atoms with van der Waals surface area (Å²) >= 11 is 0.764. The summed E-state index contributed by atoms with van der Waals surface area (Å²) in [5.74, 6) is -3.80. The van der Waals surface area contributed by atoms with Crippen molar-refractivity contribution in [1.82, 2.24) is 9.88 Å². The zero-order valence-electron chi connectivity index (χ0n) is 17.2. The fourth-order valence-corrected chi connectivity index (χ4v) is 6.87. The fraction of sp³-hybridized carbons (Fsp3) is 0.350. The van der Waals surface area contributed by atoms with Crippen molar-refractivity contribution in [1.29, 1.82) is 0 Å². The molecule has 4 N–H and O–H groups in total. The first kappa shape index (κ1) is 24.3. The summed E-state index contributed by atoms with van der Waals surface area (Å²) in [5.41, 5.74) is 4.54. The third kappa shape index (κ3) is 4.70. The number of primary amides is 1. The van der Waals surface area contributed by atoms with Gasteiger partial charge in [-0.05, 0) is 24.0 Å². The number of aromatic nitrogens is 1. The largest absolute Gasteiger partial charge is 0.480 e. The van der Waals surface area contributed by atoms with Crippen LogP contribution in [0.5, 0.6) is 0 Å². The van der Waals surface area contributed by atoms with E-state index in [1.165, 1.54) is 6.08 Å². The summed E-state index contributed by atoms with van der Waals surface area (Å²) in [5, 5.41) is 12.4. The molecule has 0 saturated heterocycles. The Bertz CT molecular complexity index is 1270. The van der Waals surface area contributed by atoms with Gasteiger partial charge in [-0.3, -0.25) is 9.59 Å². The molecular formula is C20H18F3N3O6S2. The normalized spacial score (nSPS) is 24.6. The average Bonchev–Trinajstić information content (AvgIpc) is 3.11. The molecule has 1 fully saturated rings. The van der Waals surface area contributed by atoms with Crippen LogP contribution < -0.4 is 10.5 Å². The minimum Gasteiger partial charge on any atom is -0.480 e. The lowest BCUT2D eigenvalue weighted by atomic mass is 10.0. The molecule has 1 aliphatic heterocycles. The van der Waals surface area contributed by atoms with Crippen LogP contribution >= 0.6 is 11.8 Å². The minimum atomic E-state index is -4.72. The molecule has 2 aromatic rings. The van der Waals surface area contributed by atoms with Gasteiger partial charge in [-0.1, -0.05) is 35.5 Å². The molecule has 14 heteroatoms. The van der Waals surface area contributed by atoms with Gasteiger partial charge in [0, 0.05) is 12.0 Å². The Morgan fingerprint density at radius 1 is 1.29 bits per heavy atom. The molecule has 9 nitrogen and oxygen atoms in total. The van der Waals surface area contributed by atoms with E-state index in [9.17, 15) is 36.3 Å². The van der Waals surface area contributed by atoms with Gasteiger partial charge in [0.25, 0.3) is 0 Å². The van der Waals surface area contributed by atoms with E-state index in [1.54, 1.807) is 24.3 Å². The molecule has 4 rings (SSSR count). The number of thioether (sulfide) groups is 1. The van der Waals surface area contributed by atoms with Crippen LogP contribution in [0, 0.1) is 0 Å². The van der Waals surface area contributed by atoms with Crippen molar-refractivity contribution in [2.75, 3.05) is 0 Å². The number of nitrogens with two attached hydrogens (primary N) is 1. The molecule has 1 aliphatic carbocycles. The molecule has 0 spiro atoms. The van der Waals surface area contributed by atoms with Crippen molar-refractivity contribution in [2.45, 2.75) is 42.1 Å². The number of sulfonamides is 1. The third-order valence-electron chi connectivity index (χ3n) is 5.58. The van der Waals surface area contributed by atoms with Gasteiger partial charge in [0.1, 0.15) is 9.78 Å². The van der Waals surface area contributed by atoms with Gasteiger partial charge in [0.15, 0.2) is 0 Å². The first-order valence-corrected chi connectivity index (χ1v) is 12.2. The number of hydrogen-bond donors (Lipinski definition) is 3. The Labute approximate surface area is 195 Å². The van der Waals surface area contributed by atoms with Gasteiger partial charge in [0.05, 0.1) is 17.4 Å². The second-order valence-electron chi connectivity index (χ2n) is 8.00. The molecule has 2 aliphatic rings. The number of benzene rings is 1. The average molecular weight is 518 g/mol. The van der Waals surface area contributed by atoms with Crippen molar-refractivity contribution in [3.05, 3.63) is 63.2 Å². The molecule has 1 saturated carbocycles. The Morgan fingerprint density at radius 3 is 2.53 bits per heavy atom. The maximum absolute atomic E-state index is 12.9. The highest BCUT2D eigenvalue weighted by Gasteiger charge is 2.63. The fourth-order valence-electron chi connectivity index (χ4n) is 3.79. The number of carboxylic acids is 1. The molecule has 1 unspecified atom stereocenters. The molecular weight excluding hydrogens is 499 g/mol. The number of carbonyl (C=O) groups is 2. The van der Waals surface area contributed by atoms with Gasteiger partial charge < -0.3 is 15.4 Å². The lowest BCUT2D eigenvalue weighted by Gasteiger charge is -2.16. The first-order chi connectivity index (χ1) is 15.8. The number of rotatable bonds is 8. The standard InChI is InChI=1S/C20H18F3N3O6S2/c21-20(22,23)15-8-13(25-32-15)14-5-6-17(33-14)34(30,31)26-19(18(28)29)9-12(19)11-3-1-10(2-4-11)7-16(24)27/h1-4,6,8,12,14,26H,5,7,9H2,(H2,24,27)(H,28,29)/t12-,14?,19+/m0/s1. The molecule has 182 valence electrons. The number of aliphatic carboxylic acids is 1. The third-order valence-corrected chi connectivity index (χ3v) is 8.97. The van der Waals surface area contributed by atoms with Crippen molar-refractivity contribution in [3.63, 3.8) is 0 Å². The Balaban J connectivity index is 1.47. The maximum atomic E-state index is 12.9. The van der Waals surface area contributed by atoms with Crippen LogP contribution in [-0.4, -0.2) is 36.1 Å². The lowest BCUT2D eigenvalue weighted by molar-refractivity contribution is -0.155. The van der Waals surface area contributed by atoms with Gasteiger partial charge in [-0.15, -0.1) is 11.8 Å². The molecule has 2 heterocycles. The Kier molecular flexibility index (Phi) is 6.02. The van der Waals surface area contributed by atoms with Crippen LogP contribution in [0.3, 0.4) is 0 Å². The zero-order chi connectivity index (χ0) is 24.9. The second-order valence-corrected chi connectivity index (χ2v) is 11.2. The SMILES string of the molecule is NC(=O)Cc1ccc([C@@H]2C[C@]2(NS(=O)(=O)C2=CCC(c3cc(C(F)(F)F)on3)S2)C(=O)O)cc1. The van der Waals surface area contributed by atoms with E-state index in [4.69, 9.17) is 5.73 Å². The van der Waals surface area contributed by atoms with Crippen molar-refractivity contribution in [2.24, 2.45) is 5.73 Å². The minimum absolute atomic E-state index is 0.0103. The second kappa shape index (κ2) is 8.43. The molecule has 34 heavy (non-hydrogen) atoms. The molecule has 1 amide bonds. The molecule has 3 atom stereocenters. The highest BCUT2D eigenvalue weighted by atomic mass is 32.3. The maximum Gasteiger partial charge on any atom is 0.452 e. The van der Waals surface area contributed by atoms with Crippen molar-refractivity contribution >= 4 is 33.7 Å². The predicted molar refractivity (Wildman–Crippen MR) is 114 cm³/mol. The number of alkyl halides is 3. The summed E-state index contributed by atoms with van der Waals surface area (Å²) in [6.45, 7) is 0. The van der Waals surface area contributed by atoms with E-state index in [1.807, 2.05) is 0 Å². The topological polar surface area (TPSA) is 153 Å². The number of carboxylic acid groups (broad SMARTS) is 1. The quantitative estimate of drug-likeness (QED) is 0.483. The monoisotopic (exact) mass is 517 g/mol. The van der Waals surface area contributed by atoms with Crippen molar-refractivity contribution < 1.29 is 40.8 Å². The van der Waals surface area contributed by atoms with Gasteiger partial charge in [-0.2, -0.15) is 17.9 Å². The van der Waals surface area contributed by atoms with Crippen molar-refractivity contribution in [3.8, 4) is 0 Å². The van der Waals surface area contributed by atoms with Gasteiger partial charge >= 0.3 is 12.1 Å². The Hall–Kier alpha value is -2.84. The predicted octanol–water partition coefficient (Wildman–Crippen LogP) is 2.67. The summed E-state index contributed by atoms with van der Waals surface area (Å²) in [6, 6.07) is 7.18. The number of carbonyl (C=O) groups excluding carboxylic acids is 1.